The van der Waals surface area contributed by atoms with E-state index in [4.69, 9.17) is 12.2 Å². The summed E-state index contributed by atoms with van der Waals surface area (Å²) in [5.74, 6) is -0.150. The average molecular weight is 440 g/mol. The quantitative estimate of drug-likeness (QED) is 0.313. The third-order valence-electron chi connectivity index (χ3n) is 6.08. The number of benzene rings is 1. The lowest BCUT2D eigenvalue weighted by atomic mass is 10.2. The smallest absolute Gasteiger partial charge is 0.294 e. The van der Waals surface area contributed by atoms with Gasteiger partial charge in [-0.2, -0.15) is 0 Å². The van der Waals surface area contributed by atoms with E-state index in [1.807, 2.05) is 42.7 Å². The van der Waals surface area contributed by atoms with Crippen LogP contribution in [-0.2, 0) is 4.79 Å². The fraction of sp³-hybridized carbons (Fsp3) is 0.364. The molecule has 0 aliphatic carbocycles. The van der Waals surface area contributed by atoms with E-state index in [0.29, 0.717) is 16.5 Å². The Labute approximate surface area is 186 Å². The van der Waals surface area contributed by atoms with Gasteiger partial charge in [0.1, 0.15) is 11.4 Å². The molecule has 0 unspecified atom stereocenters. The number of amides is 1. The molecule has 31 heavy (non-hydrogen) atoms. The van der Waals surface area contributed by atoms with Crippen molar-refractivity contribution >= 4 is 40.7 Å². The minimum absolute atomic E-state index is 0.115. The summed E-state index contributed by atoms with van der Waals surface area (Å²) in [5.41, 5.74) is 4.72. The highest BCUT2D eigenvalue weighted by Gasteiger charge is 2.33. The first kappa shape index (κ1) is 21.0. The van der Waals surface area contributed by atoms with Gasteiger partial charge in [0.25, 0.3) is 11.6 Å². The first-order chi connectivity index (χ1) is 14.7. The van der Waals surface area contributed by atoms with Crippen LogP contribution in [0.3, 0.4) is 0 Å². The molecule has 0 saturated carbocycles. The minimum Gasteiger partial charge on any atom is -0.366 e. The molecular weight excluding hydrogens is 414 g/mol. The van der Waals surface area contributed by atoms with Crippen LogP contribution >= 0.6 is 12.2 Å². The molecule has 2 fully saturated rings. The Morgan fingerprint density at radius 1 is 1.10 bits per heavy atom. The summed E-state index contributed by atoms with van der Waals surface area (Å²) in [6.07, 6.45) is 3.93. The second-order valence-electron chi connectivity index (χ2n) is 8.02. The second kappa shape index (κ2) is 7.81. The van der Waals surface area contributed by atoms with E-state index in [1.165, 1.54) is 4.90 Å². The molecule has 8 nitrogen and oxygen atoms in total. The highest BCUT2D eigenvalue weighted by atomic mass is 32.1. The third kappa shape index (κ3) is 3.48. The normalized spacial score (nSPS) is 18.1. The zero-order valence-electron chi connectivity index (χ0n) is 18.1. The SMILES string of the molecule is Cc1cc(/C=C2/C(=O)N(C)C(=S)N2C)c(C)n1-c1ccc(N2CCCC2)c([N+](=O)[O-])c1. The van der Waals surface area contributed by atoms with E-state index in [2.05, 4.69) is 4.90 Å². The van der Waals surface area contributed by atoms with Crippen molar-refractivity contribution in [3.63, 3.8) is 0 Å². The number of carbonyl (C=O) groups is 1. The molecule has 2 aliphatic heterocycles. The zero-order chi connectivity index (χ0) is 22.4. The van der Waals surface area contributed by atoms with Gasteiger partial charge in [-0.25, -0.2) is 0 Å². The maximum Gasteiger partial charge on any atom is 0.294 e. The fourth-order valence-corrected chi connectivity index (χ4v) is 4.57. The molecule has 162 valence electrons. The van der Waals surface area contributed by atoms with Gasteiger partial charge in [-0.3, -0.25) is 19.8 Å². The topological polar surface area (TPSA) is 74.9 Å². The van der Waals surface area contributed by atoms with Crippen molar-refractivity contribution in [2.75, 3.05) is 32.1 Å². The molecular formula is C22H25N5O3S. The fourth-order valence-electron chi connectivity index (χ4n) is 4.39. The van der Waals surface area contributed by atoms with Gasteiger partial charge >= 0.3 is 0 Å². The number of nitro groups is 1. The number of aromatic nitrogens is 1. The van der Waals surface area contributed by atoms with Crippen molar-refractivity contribution in [1.29, 1.82) is 0 Å². The first-order valence-electron chi connectivity index (χ1n) is 10.2. The molecule has 2 saturated heterocycles. The minimum atomic E-state index is -0.308. The molecule has 4 rings (SSSR count). The number of aryl methyl sites for hydroxylation is 1. The summed E-state index contributed by atoms with van der Waals surface area (Å²) in [4.78, 5) is 29.2. The van der Waals surface area contributed by atoms with Crippen LogP contribution in [-0.4, -0.2) is 57.5 Å². The second-order valence-corrected chi connectivity index (χ2v) is 8.39. The van der Waals surface area contributed by atoms with Crippen molar-refractivity contribution in [1.82, 2.24) is 14.4 Å². The standard InChI is InChI=1S/C22H25N5O3S/c1-14-11-16(12-20-21(28)24(4)22(31)23(20)3)15(2)26(14)17-7-8-18(19(13-17)27(29)30)25-9-5-6-10-25/h7-8,11-13H,5-6,9-10H2,1-4H3/b20-12-. The van der Waals surface area contributed by atoms with E-state index in [1.54, 1.807) is 25.1 Å². The molecule has 0 spiro atoms. The van der Waals surface area contributed by atoms with Gasteiger partial charge in [0.2, 0.25) is 0 Å². The number of anilines is 1. The number of hydrogen-bond donors (Lipinski definition) is 0. The first-order valence-corrected chi connectivity index (χ1v) is 10.6. The van der Waals surface area contributed by atoms with Gasteiger partial charge in [0.05, 0.1) is 10.6 Å². The molecule has 0 radical (unpaired) electrons. The Morgan fingerprint density at radius 3 is 2.35 bits per heavy atom. The average Bonchev–Trinajstić information content (AvgIpc) is 3.41. The summed E-state index contributed by atoms with van der Waals surface area (Å²) in [7, 11) is 3.43. The Kier molecular flexibility index (Phi) is 5.30. The molecule has 0 N–H and O–H groups in total. The lowest BCUT2D eigenvalue weighted by Crippen LogP contribution is -2.26. The molecule has 2 aliphatic rings. The van der Waals surface area contributed by atoms with Crippen molar-refractivity contribution in [2.45, 2.75) is 26.7 Å². The van der Waals surface area contributed by atoms with Crippen molar-refractivity contribution in [2.24, 2.45) is 0 Å². The Bertz CT molecular complexity index is 1130. The number of nitrogens with zero attached hydrogens (tertiary/aromatic N) is 5. The van der Waals surface area contributed by atoms with E-state index in [9.17, 15) is 14.9 Å². The van der Waals surface area contributed by atoms with Crippen molar-refractivity contribution < 1.29 is 9.72 Å². The maximum atomic E-state index is 12.5. The highest BCUT2D eigenvalue weighted by Crippen LogP contribution is 2.34. The summed E-state index contributed by atoms with van der Waals surface area (Å²) in [6, 6.07) is 7.39. The zero-order valence-corrected chi connectivity index (χ0v) is 18.9. The number of thiocarbonyl (C=S) groups is 1. The summed E-state index contributed by atoms with van der Waals surface area (Å²) in [6.45, 7) is 5.59. The number of nitro benzene ring substituents is 1. The van der Waals surface area contributed by atoms with Gasteiger partial charge in [-0.05, 0) is 68.7 Å². The van der Waals surface area contributed by atoms with Gasteiger partial charge < -0.3 is 14.4 Å². The molecule has 3 heterocycles. The number of rotatable bonds is 4. The molecule has 1 aromatic carbocycles. The number of likely N-dealkylation sites (N-methyl/N-ethyl adjacent to an activating group) is 2. The Balaban J connectivity index is 1.77. The van der Waals surface area contributed by atoms with Gasteiger partial charge in [0, 0.05) is 44.6 Å². The van der Waals surface area contributed by atoms with Crippen LogP contribution < -0.4 is 4.90 Å². The Hall–Kier alpha value is -3.20. The lowest BCUT2D eigenvalue weighted by Gasteiger charge is -2.19. The summed E-state index contributed by atoms with van der Waals surface area (Å²) < 4.78 is 1.98. The summed E-state index contributed by atoms with van der Waals surface area (Å²) >= 11 is 5.29. The van der Waals surface area contributed by atoms with Crippen LogP contribution in [0.4, 0.5) is 11.4 Å². The number of hydrogen-bond acceptors (Lipinski definition) is 5. The largest absolute Gasteiger partial charge is 0.366 e. The molecule has 9 heteroatoms. The van der Waals surface area contributed by atoms with Crippen LogP contribution in [0.2, 0.25) is 0 Å². The van der Waals surface area contributed by atoms with Crippen molar-refractivity contribution in [3.8, 4) is 5.69 Å². The molecule has 0 atom stereocenters. The predicted molar refractivity (Wildman–Crippen MR) is 124 cm³/mol. The maximum absolute atomic E-state index is 12.5. The third-order valence-corrected chi connectivity index (χ3v) is 6.63. The van der Waals surface area contributed by atoms with E-state index in [-0.39, 0.29) is 16.5 Å². The molecule has 0 bridgehead atoms. The number of carbonyl (C=O) groups excluding carboxylic acids is 1. The molecule has 1 aromatic heterocycles. The van der Waals surface area contributed by atoms with Crippen LogP contribution in [0.5, 0.6) is 0 Å². The van der Waals surface area contributed by atoms with E-state index >= 15 is 0 Å². The molecule has 2 aromatic rings. The predicted octanol–water partition coefficient (Wildman–Crippen LogP) is 3.63. The van der Waals surface area contributed by atoms with E-state index < -0.39 is 0 Å². The van der Waals surface area contributed by atoms with Crippen LogP contribution in [0.15, 0.2) is 30.0 Å². The van der Waals surface area contributed by atoms with Gasteiger partial charge in [-0.1, -0.05) is 0 Å². The van der Waals surface area contributed by atoms with Gasteiger partial charge in [0.15, 0.2) is 5.11 Å². The summed E-state index contributed by atoms with van der Waals surface area (Å²) in [5, 5.41) is 12.3. The Morgan fingerprint density at radius 2 is 1.77 bits per heavy atom. The highest BCUT2D eigenvalue weighted by molar-refractivity contribution is 7.80. The lowest BCUT2D eigenvalue weighted by molar-refractivity contribution is -0.384. The van der Waals surface area contributed by atoms with E-state index in [0.717, 1.165) is 48.6 Å². The monoisotopic (exact) mass is 439 g/mol. The van der Waals surface area contributed by atoms with Crippen molar-refractivity contribution in [3.05, 3.63) is 57.0 Å². The van der Waals surface area contributed by atoms with Crippen LogP contribution in [0, 0.1) is 24.0 Å². The van der Waals surface area contributed by atoms with Gasteiger partial charge in [-0.15, -0.1) is 0 Å². The van der Waals surface area contributed by atoms with Crippen LogP contribution in [0.1, 0.15) is 29.8 Å². The molecule has 1 amide bonds. The van der Waals surface area contributed by atoms with Crippen LogP contribution in [0.25, 0.3) is 11.8 Å².